The summed E-state index contributed by atoms with van der Waals surface area (Å²) >= 11 is 0. The molecule has 0 amide bonds. The summed E-state index contributed by atoms with van der Waals surface area (Å²) in [6, 6.07) is 1.85. The fourth-order valence-corrected chi connectivity index (χ4v) is 2.66. The number of nitrogen functional groups attached to an aromatic ring is 1. The van der Waals surface area contributed by atoms with Gasteiger partial charge in [0.2, 0.25) is 0 Å². The molecule has 5 nitrogen and oxygen atoms in total. The molecule has 0 aliphatic heterocycles. The van der Waals surface area contributed by atoms with Gasteiger partial charge in [-0.3, -0.25) is 0 Å². The third-order valence-corrected chi connectivity index (χ3v) is 3.82. The van der Waals surface area contributed by atoms with Gasteiger partial charge in [0.25, 0.3) is 0 Å². The van der Waals surface area contributed by atoms with E-state index < -0.39 is 0 Å². The molecular weight excluding hydrogens is 226 g/mol. The maximum absolute atomic E-state index is 5.38. The predicted octanol–water partition coefficient (Wildman–Crippen LogP) is 2.31. The molecule has 1 aromatic heterocycles. The molecule has 100 valence electrons. The molecule has 1 aliphatic carbocycles. The Labute approximate surface area is 109 Å². The first-order chi connectivity index (χ1) is 8.69. The molecule has 18 heavy (non-hydrogen) atoms. The van der Waals surface area contributed by atoms with Gasteiger partial charge in [0.1, 0.15) is 17.5 Å². The van der Waals surface area contributed by atoms with Crippen LogP contribution in [0, 0.1) is 18.8 Å². The van der Waals surface area contributed by atoms with Gasteiger partial charge >= 0.3 is 0 Å². The van der Waals surface area contributed by atoms with E-state index in [1.165, 1.54) is 25.7 Å². The molecule has 1 saturated carbocycles. The number of aromatic nitrogens is 2. The Kier molecular flexibility index (Phi) is 4.36. The van der Waals surface area contributed by atoms with Crippen LogP contribution < -0.4 is 16.6 Å². The maximum atomic E-state index is 5.38. The van der Waals surface area contributed by atoms with Gasteiger partial charge in [-0.25, -0.2) is 15.8 Å². The third kappa shape index (κ3) is 3.32. The van der Waals surface area contributed by atoms with Crippen LogP contribution >= 0.6 is 0 Å². The number of rotatable bonds is 4. The number of nitrogens with two attached hydrogens (primary N) is 1. The molecular formula is C13H23N5. The van der Waals surface area contributed by atoms with Crippen molar-refractivity contribution in [1.82, 2.24) is 9.97 Å². The minimum atomic E-state index is 0.654. The van der Waals surface area contributed by atoms with Crippen molar-refractivity contribution in [2.75, 3.05) is 17.3 Å². The summed E-state index contributed by atoms with van der Waals surface area (Å²) in [6.45, 7) is 5.21. The van der Waals surface area contributed by atoms with E-state index in [1.54, 1.807) is 0 Å². The van der Waals surface area contributed by atoms with Crippen LogP contribution in [0.1, 0.15) is 38.4 Å². The van der Waals surface area contributed by atoms with Gasteiger partial charge in [-0.1, -0.05) is 26.2 Å². The first-order valence-electron chi connectivity index (χ1n) is 6.75. The van der Waals surface area contributed by atoms with Gasteiger partial charge in [-0.15, -0.1) is 0 Å². The van der Waals surface area contributed by atoms with Crippen molar-refractivity contribution in [3.05, 3.63) is 11.9 Å². The van der Waals surface area contributed by atoms with E-state index in [0.29, 0.717) is 5.82 Å². The number of aryl methyl sites for hydroxylation is 1. The predicted molar refractivity (Wildman–Crippen MR) is 74.2 cm³/mol. The minimum Gasteiger partial charge on any atom is -0.370 e. The number of anilines is 2. The maximum Gasteiger partial charge on any atom is 0.145 e. The molecule has 1 aromatic rings. The van der Waals surface area contributed by atoms with E-state index in [2.05, 4.69) is 27.6 Å². The summed E-state index contributed by atoms with van der Waals surface area (Å²) < 4.78 is 0. The van der Waals surface area contributed by atoms with Crippen LogP contribution in [0.25, 0.3) is 0 Å². The molecule has 2 rings (SSSR count). The summed E-state index contributed by atoms with van der Waals surface area (Å²) in [5, 5.41) is 3.41. The van der Waals surface area contributed by atoms with E-state index in [4.69, 9.17) is 5.84 Å². The van der Waals surface area contributed by atoms with Crippen LogP contribution in [0.3, 0.4) is 0 Å². The molecule has 4 N–H and O–H groups in total. The highest BCUT2D eigenvalue weighted by Crippen LogP contribution is 2.29. The lowest BCUT2D eigenvalue weighted by molar-refractivity contribution is 0.268. The van der Waals surface area contributed by atoms with Gasteiger partial charge in [-0.05, 0) is 25.2 Å². The van der Waals surface area contributed by atoms with Crippen LogP contribution in [0.2, 0.25) is 0 Å². The summed E-state index contributed by atoms with van der Waals surface area (Å²) in [6.07, 6.45) is 5.41. The number of hydrazine groups is 1. The van der Waals surface area contributed by atoms with Crippen LogP contribution in [0.5, 0.6) is 0 Å². The molecule has 1 heterocycles. The van der Waals surface area contributed by atoms with E-state index in [9.17, 15) is 0 Å². The van der Waals surface area contributed by atoms with Crippen LogP contribution in [0.4, 0.5) is 11.6 Å². The zero-order chi connectivity index (χ0) is 13.0. The lowest BCUT2D eigenvalue weighted by Gasteiger charge is -2.29. The van der Waals surface area contributed by atoms with E-state index in [-0.39, 0.29) is 0 Å². The van der Waals surface area contributed by atoms with Gasteiger partial charge in [0.15, 0.2) is 0 Å². The Morgan fingerprint density at radius 1 is 1.28 bits per heavy atom. The highest BCUT2D eigenvalue weighted by Gasteiger charge is 2.20. The van der Waals surface area contributed by atoms with Crippen molar-refractivity contribution < 1.29 is 0 Å². The van der Waals surface area contributed by atoms with Crippen molar-refractivity contribution in [1.29, 1.82) is 0 Å². The first-order valence-corrected chi connectivity index (χ1v) is 6.75. The van der Waals surface area contributed by atoms with Crippen LogP contribution in [-0.2, 0) is 0 Å². The van der Waals surface area contributed by atoms with Crippen LogP contribution in [0.15, 0.2) is 6.07 Å². The zero-order valence-electron chi connectivity index (χ0n) is 11.2. The van der Waals surface area contributed by atoms with E-state index >= 15 is 0 Å². The van der Waals surface area contributed by atoms with Gasteiger partial charge in [0.05, 0.1) is 0 Å². The normalized spacial score (nSPS) is 23.7. The molecule has 2 unspecified atom stereocenters. The Hall–Kier alpha value is -1.36. The first kappa shape index (κ1) is 13.1. The molecule has 0 saturated heterocycles. The summed E-state index contributed by atoms with van der Waals surface area (Å²) in [5.74, 6) is 9.18. The third-order valence-electron chi connectivity index (χ3n) is 3.82. The van der Waals surface area contributed by atoms with E-state index in [1.807, 2.05) is 13.0 Å². The molecule has 2 atom stereocenters. The van der Waals surface area contributed by atoms with Crippen molar-refractivity contribution in [3.8, 4) is 0 Å². The number of nitrogens with one attached hydrogen (secondary N) is 2. The van der Waals surface area contributed by atoms with Crippen molar-refractivity contribution in [2.45, 2.75) is 39.5 Å². The Bertz CT molecular complexity index is 393. The molecule has 5 heteroatoms. The number of nitrogens with zero attached hydrogens (tertiary/aromatic N) is 2. The largest absolute Gasteiger partial charge is 0.370 e. The molecule has 0 bridgehead atoms. The molecule has 0 aromatic carbocycles. The highest BCUT2D eigenvalue weighted by atomic mass is 15.3. The fraction of sp³-hybridized carbons (Fsp3) is 0.692. The van der Waals surface area contributed by atoms with Gasteiger partial charge in [-0.2, -0.15) is 0 Å². The smallest absolute Gasteiger partial charge is 0.145 e. The second kappa shape index (κ2) is 6.00. The molecule has 0 radical (unpaired) electrons. The SMILES string of the molecule is Cc1nc(NN)cc(NCC2CCCCC2C)n1. The fourth-order valence-electron chi connectivity index (χ4n) is 2.66. The lowest BCUT2D eigenvalue weighted by Crippen LogP contribution is -2.24. The van der Waals surface area contributed by atoms with Crippen molar-refractivity contribution in [2.24, 2.45) is 17.7 Å². The van der Waals surface area contributed by atoms with Crippen molar-refractivity contribution in [3.63, 3.8) is 0 Å². The van der Waals surface area contributed by atoms with Gasteiger partial charge < -0.3 is 10.7 Å². The average Bonchev–Trinajstić information content (AvgIpc) is 2.37. The monoisotopic (exact) mass is 249 g/mol. The second-order valence-electron chi connectivity index (χ2n) is 5.23. The summed E-state index contributed by atoms with van der Waals surface area (Å²) in [5.41, 5.74) is 2.56. The number of hydrogen-bond donors (Lipinski definition) is 3. The number of hydrogen-bond acceptors (Lipinski definition) is 5. The average molecular weight is 249 g/mol. The second-order valence-corrected chi connectivity index (χ2v) is 5.23. The zero-order valence-corrected chi connectivity index (χ0v) is 11.2. The van der Waals surface area contributed by atoms with Crippen LogP contribution in [-0.4, -0.2) is 16.5 Å². The van der Waals surface area contributed by atoms with E-state index in [0.717, 1.165) is 30.0 Å². The minimum absolute atomic E-state index is 0.654. The topological polar surface area (TPSA) is 75.9 Å². The lowest BCUT2D eigenvalue weighted by atomic mass is 9.80. The standard InChI is InChI=1S/C13H23N5/c1-9-5-3-4-6-11(9)8-15-12-7-13(18-14)17-10(2)16-12/h7,9,11H,3-6,8,14H2,1-2H3,(H2,15,16,17,18). The summed E-state index contributed by atoms with van der Waals surface area (Å²) in [7, 11) is 0. The Balaban J connectivity index is 1.94. The summed E-state index contributed by atoms with van der Waals surface area (Å²) in [4.78, 5) is 8.55. The molecule has 0 spiro atoms. The quantitative estimate of drug-likeness (QED) is 0.564. The Morgan fingerprint density at radius 2 is 2.00 bits per heavy atom. The molecule has 1 aliphatic rings. The Morgan fingerprint density at radius 3 is 2.72 bits per heavy atom. The molecule has 1 fully saturated rings. The highest BCUT2D eigenvalue weighted by molar-refractivity contribution is 5.46. The van der Waals surface area contributed by atoms with Gasteiger partial charge in [0, 0.05) is 12.6 Å². The van der Waals surface area contributed by atoms with Crippen molar-refractivity contribution >= 4 is 11.6 Å².